The van der Waals surface area contributed by atoms with Gasteiger partial charge in [-0.3, -0.25) is 4.79 Å². The maximum absolute atomic E-state index is 12.0. The lowest BCUT2D eigenvalue weighted by Crippen LogP contribution is -2.51. The van der Waals surface area contributed by atoms with Gasteiger partial charge in [-0.2, -0.15) is 0 Å². The highest BCUT2D eigenvalue weighted by Crippen LogP contribution is 2.22. The normalized spacial score (nSPS) is 13.6. The first-order chi connectivity index (χ1) is 9.44. The predicted molar refractivity (Wildman–Crippen MR) is 86.4 cm³/mol. The zero-order valence-corrected chi connectivity index (χ0v) is 14.3. The van der Waals surface area contributed by atoms with Gasteiger partial charge < -0.3 is 15.6 Å². The van der Waals surface area contributed by atoms with Gasteiger partial charge in [0.2, 0.25) is 5.91 Å². The molecule has 1 atom stereocenters. The number of nitrogens with two attached hydrogens (primary N) is 1. The highest BCUT2D eigenvalue weighted by molar-refractivity contribution is 5.85. The summed E-state index contributed by atoms with van der Waals surface area (Å²) in [6.45, 7) is 8.37. The Morgan fingerprint density at radius 2 is 2.05 bits per heavy atom. The summed E-state index contributed by atoms with van der Waals surface area (Å²) >= 11 is 0. The highest BCUT2D eigenvalue weighted by Gasteiger charge is 2.27. The van der Waals surface area contributed by atoms with Crippen molar-refractivity contribution in [2.24, 2.45) is 5.73 Å². The van der Waals surface area contributed by atoms with Gasteiger partial charge in [0.25, 0.3) is 0 Å². The molecule has 122 valence electrons. The van der Waals surface area contributed by atoms with Crippen LogP contribution in [0, 0.1) is 0 Å². The first kappa shape index (κ1) is 19.9. The Labute approximate surface area is 133 Å². The van der Waals surface area contributed by atoms with E-state index in [-0.39, 0.29) is 18.3 Å². The average molecular weight is 318 g/mol. The Morgan fingerprint density at radius 3 is 2.57 bits per heavy atom. The topological polar surface area (TPSA) is 81.2 Å². The van der Waals surface area contributed by atoms with Crippen molar-refractivity contribution in [2.45, 2.75) is 71.4 Å². The van der Waals surface area contributed by atoms with Crippen molar-refractivity contribution in [3.63, 3.8) is 0 Å². The maximum atomic E-state index is 12.0. The quantitative estimate of drug-likeness (QED) is 0.771. The van der Waals surface area contributed by atoms with Crippen LogP contribution in [0.3, 0.4) is 0 Å². The summed E-state index contributed by atoms with van der Waals surface area (Å²) in [6.07, 6.45) is 3.61. The summed E-state index contributed by atoms with van der Waals surface area (Å²) in [5, 5.41) is 6.89. The highest BCUT2D eigenvalue weighted by atomic mass is 35.5. The van der Waals surface area contributed by atoms with Crippen LogP contribution >= 0.6 is 12.4 Å². The lowest BCUT2D eigenvalue weighted by molar-refractivity contribution is -0.126. The zero-order valence-electron chi connectivity index (χ0n) is 13.4. The van der Waals surface area contributed by atoms with E-state index >= 15 is 0 Å². The van der Waals surface area contributed by atoms with Crippen molar-refractivity contribution < 1.29 is 9.32 Å². The minimum absolute atomic E-state index is 0. The minimum atomic E-state index is -0.826. The average Bonchev–Trinajstić information content (AvgIpc) is 2.86. The fourth-order valence-electron chi connectivity index (χ4n) is 2.31. The second kappa shape index (κ2) is 9.05. The van der Waals surface area contributed by atoms with Crippen LogP contribution in [0.1, 0.15) is 70.8 Å². The molecule has 6 heteroatoms. The fraction of sp³-hybridized carbons (Fsp3) is 0.733. The number of nitrogens with one attached hydrogen (secondary N) is 1. The summed E-state index contributed by atoms with van der Waals surface area (Å²) in [5.41, 5.74) is 6.11. The second-order valence-electron chi connectivity index (χ2n) is 5.58. The van der Waals surface area contributed by atoms with Gasteiger partial charge in [-0.05, 0) is 26.2 Å². The Morgan fingerprint density at radius 1 is 1.43 bits per heavy atom. The number of nitrogens with zero attached hydrogens (tertiary/aromatic N) is 1. The van der Waals surface area contributed by atoms with E-state index in [2.05, 4.69) is 24.3 Å². The van der Waals surface area contributed by atoms with E-state index in [9.17, 15) is 4.79 Å². The van der Waals surface area contributed by atoms with Crippen LogP contribution in [0.2, 0.25) is 0 Å². The van der Waals surface area contributed by atoms with Crippen molar-refractivity contribution in [3.05, 3.63) is 17.5 Å². The Bertz CT molecular complexity index is 428. The first-order valence-corrected chi connectivity index (χ1v) is 7.47. The maximum Gasteiger partial charge on any atom is 0.240 e. The van der Waals surface area contributed by atoms with Crippen LogP contribution in [0.5, 0.6) is 0 Å². The van der Waals surface area contributed by atoms with E-state index in [0.717, 1.165) is 25.0 Å². The lowest BCUT2D eigenvalue weighted by Gasteiger charge is -2.22. The summed E-state index contributed by atoms with van der Waals surface area (Å²) in [4.78, 5) is 12.0. The minimum Gasteiger partial charge on any atom is -0.359 e. The van der Waals surface area contributed by atoms with E-state index < -0.39 is 5.54 Å². The van der Waals surface area contributed by atoms with Gasteiger partial charge >= 0.3 is 0 Å². The van der Waals surface area contributed by atoms with Gasteiger partial charge in [-0.25, -0.2) is 0 Å². The third-order valence-electron chi connectivity index (χ3n) is 3.69. The van der Waals surface area contributed by atoms with E-state index in [1.807, 2.05) is 13.0 Å². The molecule has 0 saturated carbocycles. The number of hydrogen-bond donors (Lipinski definition) is 2. The summed E-state index contributed by atoms with van der Waals surface area (Å²) in [7, 11) is 0. The summed E-state index contributed by atoms with van der Waals surface area (Å²) in [5.74, 6) is 0.940. The molecule has 21 heavy (non-hydrogen) atoms. The molecule has 0 aliphatic carbocycles. The molecule has 0 aliphatic rings. The molecule has 0 radical (unpaired) electrons. The number of amides is 1. The largest absolute Gasteiger partial charge is 0.359 e. The third-order valence-corrected chi connectivity index (χ3v) is 3.69. The standard InChI is InChI=1S/C15H27N3O2.ClH/c1-5-8-15(4,16)14(19)17-10-12-9-13(18-20-12)11(6-2)7-3;/h9,11H,5-8,10,16H2,1-4H3,(H,17,19);1H. The number of aromatic nitrogens is 1. The summed E-state index contributed by atoms with van der Waals surface area (Å²) in [6, 6.07) is 1.92. The van der Waals surface area contributed by atoms with E-state index in [0.29, 0.717) is 24.6 Å². The molecule has 0 saturated heterocycles. The lowest BCUT2D eigenvalue weighted by atomic mass is 9.96. The van der Waals surface area contributed by atoms with E-state index in [4.69, 9.17) is 10.3 Å². The molecule has 0 bridgehead atoms. The van der Waals surface area contributed by atoms with Crippen molar-refractivity contribution in [3.8, 4) is 0 Å². The second-order valence-corrected chi connectivity index (χ2v) is 5.58. The molecular weight excluding hydrogens is 290 g/mol. The number of rotatable bonds is 8. The zero-order chi connectivity index (χ0) is 15.2. The number of hydrogen-bond acceptors (Lipinski definition) is 4. The molecule has 1 rings (SSSR count). The molecule has 3 N–H and O–H groups in total. The molecule has 0 aromatic carbocycles. The molecule has 5 nitrogen and oxygen atoms in total. The van der Waals surface area contributed by atoms with Gasteiger partial charge in [0, 0.05) is 12.0 Å². The molecule has 1 aromatic rings. The first-order valence-electron chi connectivity index (χ1n) is 7.47. The molecule has 1 aromatic heterocycles. The van der Waals surface area contributed by atoms with E-state index in [1.165, 1.54) is 0 Å². The molecule has 1 heterocycles. The van der Waals surface area contributed by atoms with Gasteiger partial charge in [0.1, 0.15) is 0 Å². The third kappa shape index (κ3) is 5.67. The van der Waals surface area contributed by atoms with Crippen LogP contribution in [0.25, 0.3) is 0 Å². The van der Waals surface area contributed by atoms with Crippen LogP contribution in [-0.2, 0) is 11.3 Å². The Hall–Kier alpha value is -1.07. The molecular formula is C15H28ClN3O2. The molecule has 0 spiro atoms. The van der Waals surface area contributed by atoms with Gasteiger partial charge in [0.05, 0.1) is 17.8 Å². The van der Waals surface area contributed by atoms with Crippen molar-refractivity contribution in [2.75, 3.05) is 0 Å². The monoisotopic (exact) mass is 317 g/mol. The van der Waals surface area contributed by atoms with Gasteiger partial charge in [0.15, 0.2) is 5.76 Å². The van der Waals surface area contributed by atoms with Crippen molar-refractivity contribution >= 4 is 18.3 Å². The molecule has 0 fully saturated rings. The molecule has 1 unspecified atom stereocenters. The smallest absolute Gasteiger partial charge is 0.240 e. The Kier molecular flexibility index (Phi) is 8.59. The number of halogens is 1. The van der Waals surface area contributed by atoms with Crippen LogP contribution in [-0.4, -0.2) is 16.6 Å². The Balaban J connectivity index is 0.00000400. The van der Waals surface area contributed by atoms with Crippen LogP contribution < -0.4 is 11.1 Å². The fourth-order valence-corrected chi connectivity index (χ4v) is 2.31. The molecule has 1 amide bonds. The SMILES string of the molecule is CCCC(C)(N)C(=O)NCc1cc(C(CC)CC)no1.Cl. The summed E-state index contributed by atoms with van der Waals surface area (Å²) < 4.78 is 5.27. The van der Waals surface area contributed by atoms with Gasteiger partial charge in [-0.15, -0.1) is 12.4 Å². The predicted octanol–water partition coefficient (Wildman–Crippen LogP) is 3.13. The van der Waals surface area contributed by atoms with Crippen molar-refractivity contribution in [1.29, 1.82) is 0 Å². The number of carbonyl (C=O) groups excluding carboxylic acids is 1. The van der Waals surface area contributed by atoms with Crippen LogP contribution in [0.4, 0.5) is 0 Å². The van der Waals surface area contributed by atoms with Crippen LogP contribution in [0.15, 0.2) is 10.6 Å². The van der Waals surface area contributed by atoms with Gasteiger partial charge in [-0.1, -0.05) is 32.3 Å². The number of carbonyl (C=O) groups is 1. The van der Waals surface area contributed by atoms with E-state index in [1.54, 1.807) is 6.92 Å². The molecule has 0 aliphatic heterocycles. The van der Waals surface area contributed by atoms with Crippen molar-refractivity contribution in [1.82, 2.24) is 10.5 Å².